The maximum atomic E-state index is 12.9. The first-order valence-corrected chi connectivity index (χ1v) is 10.2. The van der Waals surface area contributed by atoms with Crippen LogP contribution in [0.2, 0.25) is 10.0 Å². The molecule has 0 aliphatic carbocycles. The molecule has 1 aromatic carbocycles. The van der Waals surface area contributed by atoms with Gasteiger partial charge in [0, 0.05) is 37.4 Å². The monoisotopic (exact) mass is 472 g/mol. The van der Waals surface area contributed by atoms with Crippen molar-refractivity contribution in [2.45, 2.75) is 18.6 Å². The van der Waals surface area contributed by atoms with Crippen LogP contribution >= 0.6 is 23.2 Å². The number of carbonyl (C=O) groups is 2. The second kappa shape index (κ2) is 8.29. The molecule has 4 rings (SSSR count). The average Bonchev–Trinajstić information content (AvgIpc) is 3.01. The van der Waals surface area contributed by atoms with Crippen molar-refractivity contribution in [3.8, 4) is 0 Å². The van der Waals surface area contributed by atoms with E-state index in [0.717, 1.165) is 17.2 Å². The largest absolute Gasteiger partial charge is 0.417 e. The Labute approximate surface area is 186 Å². The van der Waals surface area contributed by atoms with Gasteiger partial charge in [-0.2, -0.15) is 13.2 Å². The van der Waals surface area contributed by atoms with Crippen LogP contribution in [0.4, 0.5) is 24.7 Å². The highest BCUT2D eigenvalue weighted by molar-refractivity contribution is 6.33. The quantitative estimate of drug-likeness (QED) is 0.634. The summed E-state index contributed by atoms with van der Waals surface area (Å²) >= 11 is 12.0. The number of carbonyl (C=O) groups excluding carboxylic acids is 2. The van der Waals surface area contributed by atoms with Gasteiger partial charge in [-0.1, -0.05) is 29.3 Å². The number of halogens is 5. The Morgan fingerprint density at radius 1 is 1.03 bits per heavy atom. The molecule has 2 amide bonds. The number of alkyl halides is 3. The molecule has 11 heteroatoms. The van der Waals surface area contributed by atoms with E-state index in [-0.39, 0.29) is 29.1 Å². The van der Waals surface area contributed by atoms with Crippen molar-refractivity contribution in [3.63, 3.8) is 0 Å². The number of pyridine rings is 1. The van der Waals surface area contributed by atoms with Crippen molar-refractivity contribution in [2.24, 2.45) is 0 Å². The molecule has 0 radical (unpaired) electrons. The van der Waals surface area contributed by atoms with Gasteiger partial charge in [0.1, 0.15) is 5.82 Å². The van der Waals surface area contributed by atoms with Crippen molar-refractivity contribution in [3.05, 3.63) is 52.1 Å². The number of nitrogens with zero attached hydrogens (tertiary/aromatic N) is 4. The van der Waals surface area contributed by atoms with E-state index in [2.05, 4.69) is 4.98 Å². The second-order valence-corrected chi connectivity index (χ2v) is 8.16. The third-order valence-electron chi connectivity index (χ3n) is 5.39. The molecule has 0 bridgehead atoms. The van der Waals surface area contributed by atoms with Gasteiger partial charge in [-0.15, -0.1) is 0 Å². The number of aromatic nitrogens is 1. The van der Waals surface area contributed by atoms with E-state index in [1.807, 2.05) is 4.90 Å². The summed E-state index contributed by atoms with van der Waals surface area (Å²) in [5.41, 5.74) is -0.472. The first-order chi connectivity index (χ1) is 14.6. The molecular formula is C20H17Cl2F3N4O2. The molecule has 2 fully saturated rings. The van der Waals surface area contributed by atoms with Crippen LogP contribution in [0, 0.1) is 0 Å². The molecule has 164 valence electrons. The summed E-state index contributed by atoms with van der Waals surface area (Å²) in [5.74, 6) is -0.345. The number of amides is 2. The average molecular weight is 473 g/mol. The number of anilines is 2. The van der Waals surface area contributed by atoms with E-state index in [9.17, 15) is 22.8 Å². The van der Waals surface area contributed by atoms with Crippen LogP contribution in [0.1, 0.15) is 12.0 Å². The molecule has 1 aromatic heterocycles. The molecule has 31 heavy (non-hydrogen) atoms. The number of imide groups is 1. The van der Waals surface area contributed by atoms with Gasteiger partial charge in [0.15, 0.2) is 0 Å². The summed E-state index contributed by atoms with van der Waals surface area (Å²) in [6.45, 7) is 1.69. The van der Waals surface area contributed by atoms with Gasteiger partial charge in [-0.25, -0.2) is 9.88 Å². The number of piperazine rings is 1. The molecular weight excluding hydrogens is 456 g/mol. The molecule has 0 N–H and O–H groups in total. The SMILES string of the molecule is O=C1CC(N2CCN(c3ncc(C(F)(F)F)cc3Cl)CC2)C(=O)N1c1cccc(Cl)c1. The van der Waals surface area contributed by atoms with E-state index < -0.39 is 17.8 Å². The predicted molar refractivity (Wildman–Crippen MR) is 110 cm³/mol. The highest BCUT2D eigenvalue weighted by Crippen LogP contribution is 2.34. The van der Waals surface area contributed by atoms with Gasteiger partial charge in [0.25, 0.3) is 5.91 Å². The fourth-order valence-electron chi connectivity index (χ4n) is 3.85. The first-order valence-electron chi connectivity index (χ1n) is 9.49. The van der Waals surface area contributed by atoms with E-state index in [4.69, 9.17) is 23.2 Å². The molecule has 1 unspecified atom stereocenters. The Hall–Kier alpha value is -2.36. The molecule has 6 nitrogen and oxygen atoms in total. The van der Waals surface area contributed by atoms with E-state index >= 15 is 0 Å². The fraction of sp³-hybridized carbons (Fsp3) is 0.350. The molecule has 3 heterocycles. The third kappa shape index (κ3) is 4.35. The van der Waals surface area contributed by atoms with Gasteiger partial charge < -0.3 is 4.90 Å². The Kier molecular flexibility index (Phi) is 5.85. The molecule has 2 saturated heterocycles. The topological polar surface area (TPSA) is 56.8 Å². The Bertz CT molecular complexity index is 1030. The van der Waals surface area contributed by atoms with Gasteiger partial charge in [0.05, 0.1) is 28.7 Å². The van der Waals surface area contributed by atoms with Gasteiger partial charge in [-0.05, 0) is 24.3 Å². The third-order valence-corrected chi connectivity index (χ3v) is 5.91. The highest BCUT2D eigenvalue weighted by atomic mass is 35.5. The number of rotatable bonds is 3. The summed E-state index contributed by atoms with van der Waals surface area (Å²) in [5, 5.41) is 0.346. The second-order valence-electron chi connectivity index (χ2n) is 7.32. The minimum atomic E-state index is -4.52. The Morgan fingerprint density at radius 2 is 1.74 bits per heavy atom. The van der Waals surface area contributed by atoms with Gasteiger partial charge >= 0.3 is 6.18 Å². The van der Waals surface area contributed by atoms with Crippen LogP contribution in [-0.2, 0) is 15.8 Å². The van der Waals surface area contributed by atoms with Crippen LogP contribution in [0.15, 0.2) is 36.5 Å². The van der Waals surface area contributed by atoms with E-state index in [1.54, 1.807) is 29.2 Å². The van der Waals surface area contributed by atoms with Crippen LogP contribution < -0.4 is 9.80 Å². The Balaban J connectivity index is 1.43. The molecule has 1 atom stereocenters. The van der Waals surface area contributed by atoms with Crippen LogP contribution in [0.3, 0.4) is 0 Å². The maximum absolute atomic E-state index is 12.9. The van der Waals surface area contributed by atoms with Crippen LogP contribution in [-0.4, -0.2) is 53.9 Å². The van der Waals surface area contributed by atoms with Crippen molar-refractivity contribution < 1.29 is 22.8 Å². The first kappa shape index (κ1) is 21.9. The van der Waals surface area contributed by atoms with Crippen LogP contribution in [0.5, 0.6) is 0 Å². The zero-order valence-electron chi connectivity index (χ0n) is 16.1. The van der Waals surface area contributed by atoms with Gasteiger partial charge in [0.2, 0.25) is 5.91 Å². The summed E-state index contributed by atoms with van der Waals surface area (Å²) in [6.07, 6.45) is -3.70. The lowest BCUT2D eigenvalue weighted by atomic mass is 10.1. The predicted octanol–water partition coefficient (Wildman–Crippen LogP) is 3.86. The van der Waals surface area contributed by atoms with E-state index in [1.165, 1.54) is 0 Å². The van der Waals surface area contributed by atoms with Crippen molar-refractivity contribution in [1.82, 2.24) is 9.88 Å². The maximum Gasteiger partial charge on any atom is 0.417 e. The molecule has 0 spiro atoms. The normalized spacial score (nSPS) is 20.6. The zero-order valence-corrected chi connectivity index (χ0v) is 17.6. The number of benzene rings is 1. The summed E-state index contributed by atoms with van der Waals surface area (Å²) in [7, 11) is 0. The summed E-state index contributed by atoms with van der Waals surface area (Å²) < 4.78 is 38.5. The smallest absolute Gasteiger partial charge is 0.353 e. The number of hydrogen-bond acceptors (Lipinski definition) is 5. The minimum Gasteiger partial charge on any atom is -0.353 e. The Morgan fingerprint density at radius 3 is 2.35 bits per heavy atom. The molecule has 2 aliphatic heterocycles. The highest BCUT2D eigenvalue weighted by Gasteiger charge is 2.43. The van der Waals surface area contributed by atoms with E-state index in [0.29, 0.717) is 36.9 Å². The van der Waals surface area contributed by atoms with Crippen molar-refractivity contribution >= 4 is 46.5 Å². The zero-order chi connectivity index (χ0) is 22.3. The lowest BCUT2D eigenvalue weighted by Crippen LogP contribution is -2.52. The van der Waals surface area contributed by atoms with Crippen molar-refractivity contribution in [2.75, 3.05) is 36.0 Å². The lowest BCUT2D eigenvalue weighted by Gasteiger charge is -2.37. The van der Waals surface area contributed by atoms with Crippen molar-refractivity contribution in [1.29, 1.82) is 0 Å². The van der Waals surface area contributed by atoms with Crippen LogP contribution in [0.25, 0.3) is 0 Å². The molecule has 2 aliphatic rings. The summed E-state index contributed by atoms with van der Waals surface area (Å²) in [6, 6.07) is 6.82. The number of hydrogen-bond donors (Lipinski definition) is 0. The van der Waals surface area contributed by atoms with Gasteiger partial charge in [-0.3, -0.25) is 14.5 Å². The molecule has 2 aromatic rings. The standard InChI is InChI=1S/C20H17Cl2F3N4O2/c21-13-2-1-3-14(9-13)29-17(30)10-16(19(29)31)27-4-6-28(7-5-27)18-15(22)8-12(11-26-18)20(23,24)25/h1-3,8-9,11,16H,4-7,10H2. The fourth-order valence-corrected chi connectivity index (χ4v) is 4.32. The lowest BCUT2D eigenvalue weighted by molar-refractivity contribution is -0.137. The summed E-state index contributed by atoms with van der Waals surface area (Å²) in [4.78, 5) is 34.1. The minimum absolute atomic E-state index is 0.0602. The molecule has 0 saturated carbocycles.